The van der Waals surface area contributed by atoms with E-state index in [1.807, 2.05) is 30.3 Å². The number of likely N-dealkylation sites (tertiary alicyclic amines) is 1. The highest BCUT2D eigenvalue weighted by atomic mass is 16.3. The van der Waals surface area contributed by atoms with Crippen LogP contribution in [0.3, 0.4) is 0 Å². The fourth-order valence-corrected chi connectivity index (χ4v) is 2.46. The lowest BCUT2D eigenvalue weighted by atomic mass is 9.97. The zero-order valence-corrected chi connectivity index (χ0v) is 10.3. The largest absolute Gasteiger partial charge is 0.392 e. The molecule has 0 aliphatic carbocycles. The van der Waals surface area contributed by atoms with Gasteiger partial charge in [-0.2, -0.15) is 0 Å². The molecule has 0 saturated carbocycles. The summed E-state index contributed by atoms with van der Waals surface area (Å²) in [4.78, 5) is 2.22. The van der Waals surface area contributed by atoms with Gasteiger partial charge in [-0.05, 0) is 17.9 Å². The van der Waals surface area contributed by atoms with E-state index in [0.717, 1.165) is 31.6 Å². The second-order valence-electron chi connectivity index (χ2n) is 5.03. The summed E-state index contributed by atoms with van der Waals surface area (Å²) in [6.07, 6.45) is 0.249. The molecule has 2 rings (SSSR count). The van der Waals surface area contributed by atoms with E-state index in [0.29, 0.717) is 0 Å². The first-order chi connectivity index (χ1) is 8.16. The molecule has 1 aliphatic rings. The Hall–Kier alpha value is -0.900. The third-order valence-electron chi connectivity index (χ3n) is 3.47. The molecule has 3 nitrogen and oxygen atoms in total. The first-order valence-corrected chi connectivity index (χ1v) is 6.30. The van der Waals surface area contributed by atoms with Gasteiger partial charge in [0.1, 0.15) is 0 Å². The normalized spacial score (nSPS) is 24.8. The monoisotopic (exact) mass is 235 g/mol. The van der Waals surface area contributed by atoms with E-state index in [1.165, 1.54) is 0 Å². The average molecular weight is 235 g/mol. The van der Waals surface area contributed by atoms with Crippen LogP contribution in [-0.4, -0.2) is 40.9 Å². The van der Waals surface area contributed by atoms with Gasteiger partial charge in [0, 0.05) is 19.6 Å². The molecule has 2 N–H and O–H groups in total. The second kappa shape index (κ2) is 5.63. The van der Waals surface area contributed by atoms with Gasteiger partial charge in [0.25, 0.3) is 0 Å². The molecule has 17 heavy (non-hydrogen) atoms. The zero-order valence-electron chi connectivity index (χ0n) is 10.3. The van der Waals surface area contributed by atoms with Crippen LogP contribution >= 0.6 is 0 Å². The summed E-state index contributed by atoms with van der Waals surface area (Å²) >= 11 is 0. The van der Waals surface area contributed by atoms with Crippen LogP contribution in [0.15, 0.2) is 30.3 Å². The van der Waals surface area contributed by atoms with Crippen LogP contribution in [-0.2, 0) is 0 Å². The molecular weight excluding hydrogens is 214 g/mol. The maximum atomic E-state index is 10.2. The summed E-state index contributed by atoms with van der Waals surface area (Å²) in [5.41, 5.74) is 0.972. The summed E-state index contributed by atoms with van der Waals surface area (Å²) in [5.74, 6) is 0.183. The Morgan fingerprint density at radius 2 is 2.06 bits per heavy atom. The summed E-state index contributed by atoms with van der Waals surface area (Å²) in [7, 11) is 0. The van der Waals surface area contributed by atoms with Crippen molar-refractivity contribution in [2.75, 3.05) is 19.6 Å². The van der Waals surface area contributed by atoms with Crippen molar-refractivity contribution in [1.29, 1.82) is 0 Å². The van der Waals surface area contributed by atoms with Gasteiger partial charge in [0.05, 0.1) is 12.2 Å². The van der Waals surface area contributed by atoms with Crippen molar-refractivity contribution < 1.29 is 10.2 Å². The fraction of sp³-hybridized carbons (Fsp3) is 0.571. The Labute approximate surface area is 103 Å². The molecule has 3 heteroatoms. The molecule has 1 aromatic rings. The molecule has 0 amide bonds. The van der Waals surface area contributed by atoms with Crippen LogP contribution in [0.1, 0.15) is 25.0 Å². The lowest BCUT2D eigenvalue weighted by molar-refractivity contribution is 0.0894. The first-order valence-electron chi connectivity index (χ1n) is 6.30. The van der Waals surface area contributed by atoms with E-state index in [2.05, 4.69) is 11.8 Å². The van der Waals surface area contributed by atoms with Gasteiger partial charge in [-0.3, -0.25) is 0 Å². The lowest BCUT2D eigenvalue weighted by Crippen LogP contribution is -2.30. The molecule has 1 fully saturated rings. The van der Waals surface area contributed by atoms with Gasteiger partial charge < -0.3 is 15.1 Å². The number of aliphatic hydroxyl groups is 2. The van der Waals surface area contributed by atoms with Crippen LogP contribution in [0.2, 0.25) is 0 Å². The summed E-state index contributed by atoms with van der Waals surface area (Å²) in [5, 5.41) is 19.7. The molecule has 1 aromatic carbocycles. The average Bonchev–Trinajstić information content (AvgIpc) is 2.75. The summed E-state index contributed by atoms with van der Waals surface area (Å²) < 4.78 is 0. The third-order valence-corrected chi connectivity index (χ3v) is 3.47. The highest BCUT2D eigenvalue weighted by Crippen LogP contribution is 2.23. The number of nitrogens with zero attached hydrogens (tertiary/aromatic N) is 1. The van der Waals surface area contributed by atoms with Crippen LogP contribution in [0, 0.1) is 5.92 Å². The standard InChI is InChI=1S/C14H21NO2/c1-11(9-15-8-7-13(16)10-15)14(17)12-5-3-2-4-6-12/h2-6,11,13-14,16-17H,7-10H2,1H3. The SMILES string of the molecule is CC(CN1CCC(O)C1)C(O)c1ccccc1. The molecule has 1 heterocycles. The molecule has 0 radical (unpaired) electrons. The maximum Gasteiger partial charge on any atom is 0.0827 e. The van der Waals surface area contributed by atoms with Crippen molar-refractivity contribution >= 4 is 0 Å². The Balaban J connectivity index is 1.89. The Kier molecular flexibility index (Phi) is 4.15. The molecule has 0 spiro atoms. The fourth-order valence-electron chi connectivity index (χ4n) is 2.46. The van der Waals surface area contributed by atoms with Crippen LogP contribution < -0.4 is 0 Å². The quantitative estimate of drug-likeness (QED) is 0.829. The van der Waals surface area contributed by atoms with E-state index in [4.69, 9.17) is 0 Å². The molecule has 3 unspecified atom stereocenters. The van der Waals surface area contributed by atoms with Gasteiger partial charge >= 0.3 is 0 Å². The summed E-state index contributed by atoms with van der Waals surface area (Å²) in [6.45, 7) is 4.58. The van der Waals surface area contributed by atoms with E-state index >= 15 is 0 Å². The minimum atomic E-state index is -0.422. The van der Waals surface area contributed by atoms with Gasteiger partial charge in [0.15, 0.2) is 0 Å². The maximum absolute atomic E-state index is 10.2. The molecular formula is C14H21NO2. The molecule has 94 valence electrons. The van der Waals surface area contributed by atoms with E-state index in [-0.39, 0.29) is 12.0 Å². The zero-order chi connectivity index (χ0) is 12.3. The van der Waals surface area contributed by atoms with Crippen LogP contribution in [0.25, 0.3) is 0 Å². The number of benzene rings is 1. The van der Waals surface area contributed by atoms with E-state index < -0.39 is 6.10 Å². The minimum Gasteiger partial charge on any atom is -0.392 e. The molecule has 0 aromatic heterocycles. The van der Waals surface area contributed by atoms with Crippen molar-refractivity contribution in [3.8, 4) is 0 Å². The number of aliphatic hydroxyl groups excluding tert-OH is 2. The number of hydrogen-bond donors (Lipinski definition) is 2. The van der Waals surface area contributed by atoms with Crippen molar-refractivity contribution in [3.05, 3.63) is 35.9 Å². The number of hydrogen-bond acceptors (Lipinski definition) is 3. The smallest absolute Gasteiger partial charge is 0.0827 e. The van der Waals surface area contributed by atoms with Gasteiger partial charge in [0.2, 0.25) is 0 Å². The van der Waals surface area contributed by atoms with Gasteiger partial charge in [-0.1, -0.05) is 37.3 Å². The highest BCUT2D eigenvalue weighted by Gasteiger charge is 2.24. The first kappa shape index (κ1) is 12.6. The van der Waals surface area contributed by atoms with Crippen LogP contribution in [0.4, 0.5) is 0 Å². The number of β-amino-alcohol motifs (C(OH)–C–C–N with tert-alkyl or cyclic N) is 1. The summed E-state index contributed by atoms with van der Waals surface area (Å²) in [6, 6.07) is 9.77. The Bertz CT molecular complexity index is 341. The number of rotatable bonds is 4. The van der Waals surface area contributed by atoms with Crippen molar-refractivity contribution in [2.24, 2.45) is 5.92 Å². The molecule has 1 aliphatic heterocycles. The lowest BCUT2D eigenvalue weighted by Gasteiger charge is -2.24. The molecule has 0 bridgehead atoms. The second-order valence-corrected chi connectivity index (χ2v) is 5.03. The van der Waals surface area contributed by atoms with E-state index in [9.17, 15) is 10.2 Å². The molecule has 3 atom stereocenters. The Morgan fingerprint density at radius 3 is 2.65 bits per heavy atom. The van der Waals surface area contributed by atoms with Crippen LogP contribution in [0.5, 0.6) is 0 Å². The van der Waals surface area contributed by atoms with Gasteiger partial charge in [-0.25, -0.2) is 0 Å². The topological polar surface area (TPSA) is 43.7 Å². The van der Waals surface area contributed by atoms with Crippen molar-refractivity contribution in [2.45, 2.75) is 25.6 Å². The van der Waals surface area contributed by atoms with Gasteiger partial charge in [-0.15, -0.1) is 0 Å². The van der Waals surface area contributed by atoms with E-state index in [1.54, 1.807) is 0 Å². The predicted molar refractivity (Wildman–Crippen MR) is 67.6 cm³/mol. The third kappa shape index (κ3) is 3.28. The molecule has 1 saturated heterocycles. The minimum absolute atomic E-state index is 0.183. The Morgan fingerprint density at radius 1 is 1.35 bits per heavy atom. The van der Waals surface area contributed by atoms with Crippen molar-refractivity contribution in [1.82, 2.24) is 4.90 Å². The van der Waals surface area contributed by atoms with Crippen molar-refractivity contribution in [3.63, 3.8) is 0 Å². The predicted octanol–water partition coefficient (Wildman–Crippen LogP) is 1.42. The highest BCUT2D eigenvalue weighted by molar-refractivity contribution is 5.17.